The molecule has 0 aliphatic carbocycles. The average Bonchev–Trinajstić information content (AvgIpc) is 2.36. The fourth-order valence-electron chi connectivity index (χ4n) is 1.58. The van der Waals surface area contributed by atoms with E-state index in [0.29, 0.717) is 11.9 Å². The smallest absolute Gasteiger partial charge is 0.189 e. The Balaban J connectivity index is 2.65. The van der Waals surface area contributed by atoms with Crippen LogP contribution in [0.25, 0.3) is 0 Å². The Labute approximate surface area is 118 Å². The summed E-state index contributed by atoms with van der Waals surface area (Å²) in [4.78, 5) is 5.10. The number of nitrogens with zero attached hydrogens (tertiary/aromatic N) is 1. The number of rotatable bonds is 5. The van der Waals surface area contributed by atoms with E-state index in [2.05, 4.69) is 24.2 Å². The van der Waals surface area contributed by atoms with E-state index in [1.807, 2.05) is 31.2 Å². The molecule has 0 aliphatic heterocycles. The molecule has 106 valence electrons. The Kier molecular flexibility index (Phi) is 6.02. The van der Waals surface area contributed by atoms with Gasteiger partial charge >= 0.3 is 0 Å². The van der Waals surface area contributed by atoms with Gasteiger partial charge in [0.15, 0.2) is 5.96 Å². The first-order valence-corrected chi connectivity index (χ1v) is 7.95. The molecule has 19 heavy (non-hydrogen) atoms. The number of nitrogens with one attached hydrogen (secondary N) is 1. The van der Waals surface area contributed by atoms with E-state index < -0.39 is 10.8 Å². The van der Waals surface area contributed by atoms with Crippen molar-refractivity contribution in [2.24, 2.45) is 16.6 Å². The van der Waals surface area contributed by atoms with Crippen molar-refractivity contribution in [3.05, 3.63) is 29.8 Å². The molecule has 0 aliphatic rings. The van der Waals surface area contributed by atoms with Crippen molar-refractivity contribution in [1.29, 1.82) is 0 Å². The average molecular weight is 281 g/mol. The molecule has 3 N–H and O–H groups in total. The zero-order chi connectivity index (χ0) is 14.4. The Morgan fingerprint density at radius 3 is 2.37 bits per heavy atom. The first kappa shape index (κ1) is 15.7. The van der Waals surface area contributed by atoms with E-state index in [4.69, 9.17) is 5.73 Å². The number of hydrogen-bond acceptors (Lipinski definition) is 2. The van der Waals surface area contributed by atoms with Gasteiger partial charge in [-0.25, -0.2) is 0 Å². The van der Waals surface area contributed by atoms with Crippen LogP contribution >= 0.6 is 0 Å². The summed E-state index contributed by atoms with van der Waals surface area (Å²) in [5.41, 5.74) is 6.92. The largest absolute Gasteiger partial charge is 0.370 e. The summed E-state index contributed by atoms with van der Waals surface area (Å²) in [7, 11) is -0.938. The fraction of sp³-hybridized carbons (Fsp3) is 0.500. The van der Waals surface area contributed by atoms with Crippen LogP contribution in [-0.2, 0) is 10.8 Å². The summed E-state index contributed by atoms with van der Waals surface area (Å²) in [6, 6.07) is 7.76. The summed E-state index contributed by atoms with van der Waals surface area (Å²) in [6.45, 7) is 6.95. The second kappa shape index (κ2) is 7.28. The molecule has 0 amide bonds. The second-order valence-corrected chi connectivity index (χ2v) is 6.39. The molecule has 4 nitrogen and oxygen atoms in total. The highest BCUT2D eigenvalue weighted by Gasteiger charge is 2.07. The van der Waals surface area contributed by atoms with Gasteiger partial charge in [-0.2, -0.15) is 0 Å². The van der Waals surface area contributed by atoms with Gasteiger partial charge in [-0.05, 0) is 30.5 Å². The second-order valence-electron chi connectivity index (χ2n) is 5.01. The maximum absolute atomic E-state index is 11.3. The van der Waals surface area contributed by atoms with Gasteiger partial charge in [0.25, 0.3) is 0 Å². The summed E-state index contributed by atoms with van der Waals surface area (Å²) < 4.78 is 11.3. The molecule has 0 radical (unpaired) electrons. The van der Waals surface area contributed by atoms with E-state index in [0.717, 1.165) is 17.0 Å². The third kappa shape index (κ3) is 5.42. The zero-order valence-electron chi connectivity index (χ0n) is 12.0. The van der Waals surface area contributed by atoms with Crippen LogP contribution in [0.3, 0.4) is 0 Å². The minimum Gasteiger partial charge on any atom is -0.370 e. The lowest BCUT2D eigenvalue weighted by Gasteiger charge is -2.15. The van der Waals surface area contributed by atoms with Crippen molar-refractivity contribution >= 4 is 16.8 Å². The lowest BCUT2D eigenvalue weighted by molar-refractivity contribution is 0.651. The van der Waals surface area contributed by atoms with E-state index >= 15 is 0 Å². The van der Waals surface area contributed by atoms with Gasteiger partial charge in [-0.1, -0.05) is 26.0 Å². The molecule has 0 aromatic heterocycles. The van der Waals surface area contributed by atoms with Crippen molar-refractivity contribution < 1.29 is 4.21 Å². The van der Waals surface area contributed by atoms with E-state index in [1.165, 1.54) is 0 Å². The Hall–Kier alpha value is -1.36. The van der Waals surface area contributed by atoms with Gasteiger partial charge in [0.1, 0.15) is 0 Å². The molecule has 0 spiro atoms. The predicted molar refractivity (Wildman–Crippen MR) is 81.7 cm³/mol. The Morgan fingerprint density at radius 1 is 1.32 bits per heavy atom. The first-order valence-electron chi connectivity index (χ1n) is 6.40. The highest BCUT2D eigenvalue weighted by atomic mass is 32.2. The van der Waals surface area contributed by atoms with Gasteiger partial charge in [0, 0.05) is 28.5 Å². The van der Waals surface area contributed by atoms with Crippen LogP contribution in [0.2, 0.25) is 0 Å². The molecule has 0 fully saturated rings. The van der Waals surface area contributed by atoms with Crippen LogP contribution in [0, 0.1) is 5.92 Å². The molecule has 2 atom stereocenters. The highest BCUT2D eigenvalue weighted by Crippen LogP contribution is 2.14. The quantitative estimate of drug-likeness (QED) is 0.641. The standard InChI is InChI=1S/C14H23N3OS/c1-10(2)9-16-14(15)17-11(3)12-5-7-13(8-6-12)19(4)18/h5-8,10-11H,9H2,1-4H3,(H3,15,16,17). The van der Waals surface area contributed by atoms with E-state index in [9.17, 15) is 4.21 Å². The number of nitrogens with two attached hydrogens (primary N) is 1. The number of benzene rings is 1. The molecular weight excluding hydrogens is 258 g/mol. The van der Waals surface area contributed by atoms with Crippen LogP contribution in [0.5, 0.6) is 0 Å². The molecule has 1 aromatic carbocycles. The molecule has 0 bridgehead atoms. The highest BCUT2D eigenvalue weighted by molar-refractivity contribution is 7.84. The summed E-state index contributed by atoms with van der Waals surface area (Å²) >= 11 is 0. The van der Waals surface area contributed by atoms with Gasteiger partial charge in [0.05, 0.1) is 6.04 Å². The maximum Gasteiger partial charge on any atom is 0.189 e. The van der Waals surface area contributed by atoms with Crippen LogP contribution in [-0.4, -0.2) is 23.0 Å². The fourth-order valence-corrected chi connectivity index (χ4v) is 2.10. The molecular formula is C14H23N3OS. The van der Waals surface area contributed by atoms with Gasteiger partial charge in [-0.3, -0.25) is 9.20 Å². The topological polar surface area (TPSA) is 67.5 Å². The molecule has 0 heterocycles. The molecule has 1 aromatic rings. The Bertz CT molecular complexity index is 454. The minimum absolute atomic E-state index is 0.0789. The van der Waals surface area contributed by atoms with Crippen LogP contribution in [0.1, 0.15) is 32.4 Å². The number of guanidine groups is 1. The van der Waals surface area contributed by atoms with Gasteiger partial charge < -0.3 is 11.1 Å². The van der Waals surface area contributed by atoms with Crippen molar-refractivity contribution in [2.45, 2.75) is 31.7 Å². The van der Waals surface area contributed by atoms with Gasteiger partial charge in [0.2, 0.25) is 0 Å². The predicted octanol–water partition coefficient (Wildman–Crippen LogP) is 2.05. The number of hydrogen-bond donors (Lipinski definition) is 2. The van der Waals surface area contributed by atoms with E-state index in [1.54, 1.807) is 6.26 Å². The lowest BCUT2D eigenvalue weighted by atomic mass is 10.1. The van der Waals surface area contributed by atoms with Crippen molar-refractivity contribution in [3.63, 3.8) is 0 Å². The molecule has 0 saturated carbocycles. The monoisotopic (exact) mass is 281 g/mol. The van der Waals surface area contributed by atoms with Gasteiger partial charge in [-0.15, -0.1) is 0 Å². The van der Waals surface area contributed by atoms with Crippen molar-refractivity contribution in [2.75, 3.05) is 12.8 Å². The molecule has 0 saturated heterocycles. The van der Waals surface area contributed by atoms with Crippen LogP contribution in [0.15, 0.2) is 34.2 Å². The molecule has 2 unspecified atom stereocenters. The third-order valence-electron chi connectivity index (χ3n) is 2.70. The summed E-state index contributed by atoms with van der Waals surface area (Å²) in [5.74, 6) is 0.957. The summed E-state index contributed by atoms with van der Waals surface area (Å²) in [6.07, 6.45) is 1.67. The molecule has 5 heteroatoms. The van der Waals surface area contributed by atoms with Crippen LogP contribution < -0.4 is 11.1 Å². The van der Waals surface area contributed by atoms with Crippen molar-refractivity contribution in [3.8, 4) is 0 Å². The Morgan fingerprint density at radius 2 is 1.89 bits per heavy atom. The normalized spacial score (nSPS) is 15.3. The summed E-state index contributed by atoms with van der Waals surface area (Å²) in [5, 5.41) is 3.15. The SMILES string of the molecule is CC(C)CN=C(N)NC(C)c1ccc(S(C)=O)cc1. The lowest BCUT2D eigenvalue weighted by Crippen LogP contribution is -2.34. The van der Waals surface area contributed by atoms with Crippen LogP contribution in [0.4, 0.5) is 0 Å². The maximum atomic E-state index is 11.3. The first-order chi connectivity index (χ1) is 8.90. The number of aliphatic imine (C=N–C) groups is 1. The zero-order valence-corrected chi connectivity index (χ0v) is 12.8. The minimum atomic E-state index is -0.938. The van der Waals surface area contributed by atoms with Crippen molar-refractivity contribution in [1.82, 2.24) is 5.32 Å². The molecule has 1 rings (SSSR count). The van der Waals surface area contributed by atoms with E-state index in [-0.39, 0.29) is 6.04 Å². The third-order valence-corrected chi connectivity index (χ3v) is 3.64.